The first-order chi connectivity index (χ1) is 9.47. The van der Waals surface area contributed by atoms with E-state index in [4.69, 9.17) is 4.74 Å². The van der Waals surface area contributed by atoms with Gasteiger partial charge in [0, 0.05) is 11.4 Å². The number of carbonyl (C=O) groups is 1. The van der Waals surface area contributed by atoms with Crippen molar-refractivity contribution >= 4 is 27.1 Å². The van der Waals surface area contributed by atoms with Crippen molar-refractivity contribution in [3.8, 4) is 0 Å². The normalized spacial score (nSPS) is 20.4. The average Bonchev–Trinajstić information content (AvgIpc) is 2.91. The van der Waals surface area contributed by atoms with Crippen LogP contribution in [0.3, 0.4) is 0 Å². The molecule has 2 rings (SSSR count). The summed E-state index contributed by atoms with van der Waals surface area (Å²) in [5, 5.41) is 5.20. The molecule has 1 fully saturated rings. The Hall–Kier alpha value is -0.920. The van der Waals surface area contributed by atoms with Crippen LogP contribution in [0, 0.1) is 0 Å². The number of rotatable bonds is 5. The molecular weight excluding hydrogens is 298 g/mol. The predicted molar refractivity (Wildman–Crippen MR) is 78.4 cm³/mol. The van der Waals surface area contributed by atoms with Crippen LogP contribution in [0.15, 0.2) is 17.5 Å². The van der Waals surface area contributed by atoms with Gasteiger partial charge in [0.2, 0.25) is 0 Å². The van der Waals surface area contributed by atoms with Gasteiger partial charge >= 0.3 is 5.97 Å². The van der Waals surface area contributed by atoms with Gasteiger partial charge in [0.1, 0.15) is 15.4 Å². The molecule has 0 radical (unpaired) electrons. The van der Waals surface area contributed by atoms with Gasteiger partial charge in [-0.25, -0.2) is 8.42 Å². The fraction of sp³-hybridized carbons (Fsp3) is 0.615. The largest absolute Gasteiger partial charge is 0.465 e. The highest BCUT2D eigenvalue weighted by molar-refractivity contribution is 7.91. The van der Waals surface area contributed by atoms with Crippen molar-refractivity contribution in [1.29, 1.82) is 0 Å². The number of hydrogen-bond acceptors (Lipinski definition) is 6. The molecule has 0 aliphatic carbocycles. The summed E-state index contributed by atoms with van der Waals surface area (Å²) in [6.45, 7) is 2.61. The molecule has 1 aromatic heterocycles. The van der Waals surface area contributed by atoms with Crippen molar-refractivity contribution in [2.45, 2.75) is 31.8 Å². The summed E-state index contributed by atoms with van der Waals surface area (Å²) in [6.07, 6.45) is 0.555. The standard InChI is InChI=1S/C13H19NO4S2/c1-2-18-12(15)13(5-8-20(16,17)9-6-13)14-10-11-4-3-7-19-11/h3-4,7,14H,2,5-6,8-10H2,1H3. The van der Waals surface area contributed by atoms with E-state index in [1.54, 1.807) is 18.3 Å². The Kier molecular flexibility index (Phi) is 4.82. The smallest absolute Gasteiger partial charge is 0.326 e. The maximum absolute atomic E-state index is 12.2. The van der Waals surface area contributed by atoms with E-state index >= 15 is 0 Å². The van der Waals surface area contributed by atoms with E-state index in [1.165, 1.54) is 0 Å². The van der Waals surface area contributed by atoms with E-state index < -0.39 is 15.4 Å². The van der Waals surface area contributed by atoms with Crippen LogP contribution in [-0.2, 0) is 25.9 Å². The fourth-order valence-corrected chi connectivity index (χ4v) is 4.45. The number of esters is 1. The Morgan fingerprint density at radius 1 is 1.45 bits per heavy atom. The van der Waals surface area contributed by atoms with Gasteiger partial charge in [0.05, 0.1) is 18.1 Å². The van der Waals surface area contributed by atoms with Gasteiger partial charge in [-0.05, 0) is 31.2 Å². The monoisotopic (exact) mass is 317 g/mol. The van der Waals surface area contributed by atoms with Crippen molar-refractivity contribution in [2.24, 2.45) is 0 Å². The van der Waals surface area contributed by atoms with Crippen LogP contribution in [0.25, 0.3) is 0 Å². The summed E-state index contributed by atoms with van der Waals surface area (Å²) in [7, 11) is -3.02. The second kappa shape index (κ2) is 6.24. The molecule has 20 heavy (non-hydrogen) atoms. The van der Waals surface area contributed by atoms with Crippen LogP contribution < -0.4 is 5.32 Å². The molecule has 2 heterocycles. The molecule has 0 spiro atoms. The molecule has 0 aromatic carbocycles. The highest BCUT2D eigenvalue weighted by Gasteiger charge is 2.44. The van der Waals surface area contributed by atoms with E-state index in [1.807, 2.05) is 17.5 Å². The Morgan fingerprint density at radius 3 is 2.70 bits per heavy atom. The first-order valence-electron chi connectivity index (χ1n) is 6.62. The van der Waals surface area contributed by atoms with E-state index in [-0.39, 0.29) is 30.3 Å². The summed E-state index contributed by atoms with van der Waals surface area (Å²) in [5.74, 6) is -0.279. The number of ether oxygens (including phenoxy) is 1. The molecule has 1 aliphatic heterocycles. The summed E-state index contributed by atoms with van der Waals surface area (Å²) in [5.41, 5.74) is -0.870. The zero-order valence-corrected chi connectivity index (χ0v) is 13.1. The number of nitrogens with one attached hydrogen (secondary N) is 1. The zero-order chi connectivity index (χ0) is 14.6. The van der Waals surface area contributed by atoms with Crippen molar-refractivity contribution in [3.63, 3.8) is 0 Å². The third-order valence-electron chi connectivity index (χ3n) is 3.53. The van der Waals surface area contributed by atoms with E-state index in [0.29, 0.717) is 13.2 Å². The zero-order valence-electron chi connectivity index (χ0n) is 11.4. The predicted octanol–water partition coefficient (Wildman–Crippen LogP) is 1.35. The Morgan fingerprint density at radius 2 is 2.15 bits per heavy atom. The number of hydrogen-bond donors (Lipinski definition) is 1. The van der Waals surface area contributed by atoms with Gasteiger partial charge in [-0.3, -0.25) is 10.1 Å². The fourth-order valence-electron chi connectivity index (χ4n) is 2.28. The molecule has 0 bridgehead atoms. The average molecular weight is 317 g/mol. The Labute approximate surface area is 123 Å². The maximum Gasteiger partial charge on any atom is 0.326 e. The Bertz CT molecular complexity index is 537. The summed E-state index contributed by atoms with van der Waals surface area (Å²) in [6, 6.07) is 3.93. The van der Waals surface area contributed by atoms with E-state index in [2.05, 4.69) is 5.32 Å². The number of carbonyl (C=O) groups excluding carboxylic acids is 1. The third-order valence-corrected chi connectivity index (χ3v) is 6.06. The number of thiophene rings is 1. The van der Waals surface area contributed by atoms with Crippen LogP contribution in [0.4, 0.5) is 0 Å². The molecule has 1 saturated heterocycles. The van der Waals surface area contributed by atoms with Gasteiger partial charge < -0.3 is 4.74 Å². The molecule has 0 atom stereocenters. The van der Waals surface area contributed by atoms with Crippen molar-refractivity contribution < 1.29 is 17.9 Å². The molecule has 112 valence electrons. The molecule has 7 heteroatoms. The van der Waals surface area contributed by atoms with Crippen LogP contribution in [0.2, 0.25) is 0 Å². The summed E-state index contributed by atoms with van der Waals surface area (Å²) in [4.78, 5) is 13.3. The molecule has 1 aliphatic rings. The molecule has 1 N–H and O–H groups in total. The first kappa shape index (κ1) is 15.5. The van der Waals surface area contributed by atoms with Crippen LogP contribution in [0.1, 0.15) is 24.6 Å². The lowest BCUT2D eigenvalue weighted by atomic mass is 9.92. The summed E-state index contributed by atoms with van der Waals surface area (Å²) < 4.78 is 28.3. The lowest BCUT2D eigenvalue weighted by Crippen LogP contribution is -2.56. The van der Waals surface area contributed by atoms with Crippen molar-refractivity contribution in [3.05, 3.63) is 22.4 Å². The molecular formula is C13H19NO4S2. The first-order valence-corrected chi connectivity index (χ1v) is 9.33. The number of sulfone groups is 1. The van der Waals surface area contributed by atoms with Crippen LogP contribution in [-0.4, -0.2) is 38.0 Å². The van der Waals surface area contributed by atoms with Crippen molar-refractivity contribution in [2.75, 3.05) is 18.1 Å². The van der Waals surface area contributed by atoms with Crippen LogP contribution in [0.5, 0.6) is 0 Å². The molecule has 0 unspecified atom stereocenters. The lowest BCUT2D eigenvalue weighted by molar-refractivity contribution is -0.151. The quantitative estimate of drug-likeness (QED) is 0.830. The molecule has 0 amide bonds. The van der Waals surface area contributed by atoms with Gasteiger partial charge in [-0.15, -0.1) is 11.3 Å². The second-order valence-corrected chi connectivity index (χ2v) is 8.22. The highest BCUT2D eigenvalue weighted by atomic mass is 32.2. The van der Waals surface area contributed by atoms with Gasteiger partial charge in [0.25, 0.3) is 0 Å². The third kappa shape index (κ3) is 3.59. The summed E-state index contributed by atoms with van der Waals surface area (Å²) >= 11 is 1.60. The van der Waals surface area contributed by atoms with Gasteiger partial charge in [-0.1, -0.05) is 6.07 Å². The highest BCUT2D eigenvalue weighted by Crippen LogP contribution is 2.26. The van der Waals surface area contributed by atoms with Crippen molar-refractivity contribution in [1.82, 2.24) is 5.32 Å². The molecule has 5 nitrogen and oxygen atoms in total. The minimum atomic E-state index is -3.02. The molecule has 0 saturated carbocycles. The molecule has 1 aromatic rings. The minimum absolute atomic E-state index is 0.0310. The second-order valence-electron chi connectivity index (χ2n) is 4.89. The maximum atomic E-state index is 12.2. The van der Waals surface area contributed by atoms with Gasteiger partial charge in [0.15, 0.2) is 0 Å². The van der Waals surface area contributed by atoms with Gasteiger partial charge in [-0.2, -0.15) is 0 Å². The van der Waals surface area contributed by atoms with Crippen LogP contribution >= 0.6 is 11.3 Å². The minimum Gasteiger partial charge on any atom is -0.465 e. The van der Waals surface area contributed by atoms with E-state index in [9.17, 15) is 13.2 Å². The lowest BCUT2D eigenvalue weighted by Gasteiger charge is -2.35. The van der Waals surface area contributed by atoms with E-state index in [0.717, 1.165) is 4.88 Å². The topological polar surface area (TPSA) is 72.5 Å². The SMILES string of the molecule is CCOC(=O)C1(NCc2cccs2)CCS(=O)(=O)CC1. The Balaban J connectivity index is 2.10.